The molecule has 18 heavy (non-hydrogen) atoms. The van der Waals surface area contributed by atoms with Crippen molar-refractivity contribution in [1.29, 1.82) is 0 Å². The van der Waals surface area contributed by atoms with Gasteiger partial charge in [0.2, 0.25) is 5.91 Å². The molecule has 4 nitrogen and oxygen atoms in total. The fourth-order valence-electron chi connectivity index (χ4n) is 2.16. The zero-order valence-electron chi connectivity index (χ0n) is 10.4. The molecule has 2 rings (SSSR count). The summed E-state index contributed by atoms with van der Waals surface area (Å²) >= 11 is 6.04. The smallest absolute Gasteiger partial charge is 0.227 e. The number of rotatable bonds is 3. The normalized spacial score (nSPS) is 19.4. The Morgan fingerprint density at radius 1 is 1.56 bits per heavy atom. The molecule has 1 unspecified atom stereocenters. The van der Waals surface area contributed by atoms with Gasteiger partial charge in [0.05, 0.1) is 12.8 Å². The Kier molecular flexibility index (Phi) is 3.78. The summed E-state index contributed by atoms with van der Waals surface area (Å²) in [6, 6.07) is 3.56. The molecule has 1 fully saturated rings. The van der Waals surface area contributed by atoms with E-state index in [0.717, 1.165) is 11.3 Å². The van der Waals surface area contributed by atoms with Gasteiger partial charge < -0.3 is 14.7 Å². The van der Waals surface area contributed by atoms with Crippen LogP contribution in [0.5, 0.6) is 5.75 Å². The van der Waals surface area contributed by atoms with Crippen molar-refractivity contribution in [3.63, 3.8) is 0 Å². The van der Waals surface area contributed by atoms with Crippen LogP contribution < -0.4 is 9.64 Å². The van der Waals surface area contributed by atoms with E-state index in [4.69, 9.17) is 21.4 Å². The van der Waals surface area contributed by atoms with Crippen molar-refractivity contribution >= 4 is 23.2 Å². The molecule has 0 saturated carbocycles. The van der Waals surface area contributed by atoms with E-state index in [-0.39, 0.29) is 18.4 Å². The van der Waals surface area contributed by atoms with E-state index >= 15 is 0 Å². The molecule has 0 bridgehead atoms. The van der Waals surface area contributed by atoms with E-state index in [2.05, 4.69) is 0 Å². The Bertz CT molecular complexity index is 476. The summed E-state index contributed by atoms with van der Waals surface area (Å²) in [6.07, 6.45) is 0.376. The largest absolute Gasteiger partial charge is 0.495 e. The van der Waals surface area contributed by atoms with Gasteiger partial charge in [-0.1, -0.05) is 11.6 Å². The lowest BCUT2D eigenvalue weighted by molar-refractivity contribution is -0.117. The van der Waals surface area contributed by atoms with Crippen LogP contribution in [0.3, 0.4) is 0 Å². The van der Waals surface area contributed by atoms with Gasteiger partial charge in [0, 0.05) is 36.6 Å². The fourth-order valence-corrected chi connectivity index (χ4v) is 2.31. The Labute approximate surface area is 111 Å². The van der Waals surface area contributed by atoms with Crippen LogP contribution in [0.1, 0.15) is 12.0 Å². The monoisotopic (exact) mass is 269 g/mol. The quantitative estimate of drug-likeness (QED) is 0.913. The highest BCUT2D eigenvalue weighted by Crippen LogP contribution is 2.36. The number of benzene rings is 1. The maximum Gasteiger partial charge on any atom is 0.227 e. The number of amides is 1. The molecule has 5 heteroatoms. The number of nitrogens with zero attached hydrogens (tertiary/aromatic N) is 1. The molecule has 1 N–H and O–H groups in total. The SMILES string of the molecule is COc1cc(Cl)c(C)cc1N1CC(CO)CC1=O. The van der Waals surface area contributed by atoms with Crippen molar-refractivity contribution in [2.24, 2.45) is 5.92 Å². The molecule has 1 heterocycles. The van der Waals surface area contributed by atoms with Gasteiger partial charge in [-0.25, -0.2) is 0 Å². The summed E-state index contributed by atoms with van der Waals surface area (Å²) in [5.41, 5.74) is 1.62. The zero-order valence-corrected chi connectivity index (χ0v) is 11.2. The van der Waals surface area contributed by atoms with Crippen LogP contribution >= 0.6 is 11.6 Å². The minimum Gasteiger partial charge on any atom is -0.495 e. The Morgan fingerprint density at radius 3 is 2.83 bits per heavy atom. The molecule has 0 radical (unpaired) electrons. The van der Waals surface area contributed by atoms with Crippen molar-refractivity contribution in [3.8, 4) is 5.75 Å². The molecule has 98 valence electrons. The highest BCUT2D eigenvalue weighted by atomic mass is 35.5. The minimum atomic E-state index is -0.00168. The van der Waals surface area contributed by atoms with Crippen LogP contribution in [0.2, 0.25) is 5.02 Å². The van der Waals surface area contributed by atoms with Crippen molar-refractivity contribution in [1.82, 2.24) is 0 Å². The molecule has 0 aromatic heterocycles. The topological polar surface area (TPSA) is 49.8 Å². The van der Waals surface area contributed by atoms with E-state index in [1.54, 1.807) is 18.1 Å². The summed E-state index contributed by atoms with van der Waals surface area (Å²) in [5, 5.41) is 9.75. The second-order valence-corrected chi connectivity index (χ2v) is 4.94. The predicted octanol–water partition coefficient (Wildman–Crippen LogP) is 2.00. The number of ether oxygens (including phenoxy) is 1. The van der Waals surface area contributed by atoms with Gasteiger partial charge >= 0.3 is 0 Å². The number of anilines is 1. The molecule has 1 aromatic rings. The zero-order chi connectivity index (χ0) is 13.3. The number of carbonyl (C=O) groups excluding carboxylic acids is 1. The summed E-state index contributed by atoms with van der Waals surface area (Å²) < 4.78 is 5.27. The maximum atomic E-state index is 11.9. The van der Waals surface area contributed by atoms with Crippen LogP contribution in [0.4, 0.5) is 5.69 Å². The Morgan fingerprint density at radius 2 is 2.28 bits per heavy atom. The average Bonchev–Trinajstić information content (AvgIpc) is 2.73. The van der Waals surface area contributed by atoms with Gasteiger partial charge in [0.25, 0.3) is 0 Å². The third kappa shape index (κ3) is 2.31. The number of carbonyl (C=O) groups is 1. The first-order valence-corrected chi connectivity index (χ1v) is 6.20. The molecule has 0 spiro atoms. The van der Waals surface area contributed by atoms with Crippen molar-refractivity contribution < 1.29 is 14.6 Å². The number of hydrogen-bond acceptors (Lipinski definition) is 3. The van der Waals surface area contributed by atoms with E-state index in [1.807, 2.05) is 13.0 Å². The van der Waals surface area contributed by atoms with Crippen LogP contribution in [0, 0.1) is 12.8 Å². The van der Waals surface area contributed by atoms with E-state index in [1.165, 1.54) is 0 Å². The predicted molar refractivity (Wildman–Crippen MR) is 70.3 cm³/mol. The summed E-state index contributed by atoms with van der Waals surface area (Å²) in [7, 11) is 1.55. The molecule has 1 aliphatic rings. The molecule has 1 amide bonds. The van der Waals surface area contributed by atoms with Gasteiger partial charge in [0.1, 0.15) is 5.75 Å². The third-order valence-electron chi connectivity index (χ3n) is 3.21. The lowest BCUT2D eigenvalue weighted by atomic mass is 10.1. The first-order valence-electron chi connectivity index (χ1n) is 5.82. The number of aliphatic hydroxyl groups is 1. The third-order valence-corrected chi connectivity index (χ3v) is 3.62. The van der Waals surface area contributed by atoms with Crippen LogP contribution in [-0.4, -0.2) is 31.3 Å². The van der Waals surface area contributed by atoms with Crippen molar-refractivity contribution in [2.45, 2.75) is 13.3 Å². The second kappa shape index (κ2) is 5.16. The first-order chi connectivity index (χ1) is 8.56. The minimum absolute atomic E-state index is 0.00168. The summed E-state index contributed by atoms with van der Waals surface area (Å²) in [6.45, 7) is 2.43. The van der Waals surface area contributed by atoms with Gasteiger partial charge in [-0.2, -0.15) is 0 Å². The highest BCUT2D eigenvalue weighted by molar-refractivity contribution is 6.31. The van der Waals surface area contributed by atoms with E-state index in [0.29, 0.717) is 23.7 Å². The molecule has 0 aliphatic carbocycles. The fraction of sp³-hybridized carbons (Fsp3) is 0.462. The number of aryl methyl sites for hydroxylation is 1. The summed E-state index contributed by atoms with van der Waals surface area (Å²) in [5.74, 6) is 0.588. The standard InChI is InChI=1S/C13H16ClNO3/c1-8-3-11(12(18-2)5-10(8)14)15-6-9(7-16)4-13(15)17/h3,5,9,16H,4,6-7H2,1-2H3. The lowest BCUT2D eigenvalue weighted by Gasteiger charge is -2.20. The van der Waals surface area contributed by atoms with Gasteiger partial charge in [-0.05, 0) is 18.6 Å². The molecule has 1 aromatic carbocycles. The summed E-state index contributed by atoms with van der Waals surface area (Å²) in [4.78, 5) is 13.6. The molecule has 1 aliphatic heterocycles. The van der Waals surface area contributed by atoms with Crippen LogP contribution in [0.25, 0.3) is 0 Å². The number of hydrogen-bond donors (Lipinski definition) is 1. The van der Waals surface area contributed by atoms with Crippen LogP contribution in [0.15, 0.2) is 12.1 Å². The Balaban J connectivity index is 2.38. The second-order valence-electron chi connectivity index (χ2n) is 4.53. The maximum absolute atomic E-state index is 11.9. The first kappa shape index (κ1) is 13.2. The number of methoxy groups -OCH3 is 1. The molecule has 1 atom stereocenters. The van der Waals surface area contributed by atoms with Gasteiger partial charge in [-0.3, -0.25) is 4.79 Å². The number of halogens is 1. The molecular formula is C13H16ClNO3. The lowest BCUT2D eigenvalue weighted by Crippen LogP contribution is -2.25. The highest BCUT2D eigenvalue weighted by Gasteiger charge is 2.31. The molecular weight excluding hydrogens is 254 g/mol. The van der Waals surface area contributed by atoms with E-state index in [9.17, 15) is 4.79 Å². The van der Waals surface area contributed by atoms with Gasteiger partial charge in [-0.15, -0.1) is 0 Å². The van der Waals surface area contributed by atoms with Crippen molar-refractivity contribution in [3.05, 3.63) is 22.7 Å². The Hall–Kier alpha value is -1.26. The van der Waals surface area contributed by atoms with E-state index < -0.39 is 0 Å². The number of aliphatic hydroxyl groups excluding tert-OH is 1. The van der Waals surface area contributed by atoms with Gasteiger partial charge in [0.15, 0.2) is 0 Å². The molecule has 1 saturated heterocycles. The average molecular weight is 270 g/mol. The van der Waals surface area contributed by atoms with Crippen molar-refractivity contribution in [2.75, 3.05) is 25.2 Å². The van der Waals surface area contributed by atoms with Crippen LogP contribution in [-0.2, 0) is 4.79 Å².